The van der Waals surface area contributed by atoms with E-state index in [-0.39, 0.29) is 22.3 Å². The van der Waals surface area contributed by atoms with Crippen LogP contribution in [0.1, 0.15) is 27.0 Å². The van der Waals surface area contributed by atoms with Crippen LogP contribution in [0.25, 0.3) is 22.5 Å². The summed E-state index contributed by atoms with van der Waals surface area (Å²) in [6, 6.07) is 10.7. The first-order valence-electron chi connectivity index (χ1n) is 8.42. The number of aromatic nitrogens is 2. The number of Topliss-reactive ketones (excluding diaryl/α,β-unsaturated/α-hetero) is 1. The predicted molar refractivity (Wildman–Crippen MR) is 97.8 cm³/mol. The zero-order valence-corrected chi connectivity index (χ0v) is 14.2. The van der Waals surface area contributed by atoms with Gasteiger partial charge in [0.2, 0.25) is 0 Å². The molecule has 0 saturated carbocycles. The molecule has 0 bridgehead atoms. The zero-order chi connectivity index (χ0) is 19.4. The third-order valence-electron chi connectivity index (χ3n) is 4.93. The summed E-state index contributed by atoms with van der Waals surface area (Å²) in [6.45, 7) is 0. The third kappa shape index (κ3) is 1.98. The van der Waals surface area contributed by atoms with E-state index in [1.54, 1.807) is 36.7 Å². The van der Waals surface area contributed by atoms with E-state index in [1.807, 2.05) is 6.07 Å². The molecular weight excluding hydrogens is 360 g/mol. The fraction of sp³-hybridized carbons (Fsp3) is 0. The number of hydrogen-bond donors (Lipinski definition) is 0. The Balaban J connectivity index is 1.95. The van der Waals surface area contributed by atoms with Crippen molar-refractivity contribution < 1.29 is 13.6 Å². The molecule has 2 heterocycles. The van der Waals surface area contributed by atoms with Gasteiger partial charge in [-0.1, -0.05) is 12.1 Å². The quantitative estimate of drug-likeness (QED) is 0.342. The largest absolute Gasteiger partial charge is 0.288 e. The first kappa shape index (κ1) is 16.2. The van der Waals surface area contributed by atoms with Gasteiger partial charge < -0.3 is 0 Å². The molecule has 28 heavy (non-hydrogen) atoms. The van der Waals surface area contributed by atoms with Crippen molar-refractivity contribution in [1.29, 1.82) is 5.26 Å². The van der Waals surface area contributed by atoms with Crippen LogP contribution < -0.4 is 0 Å². The average molecular weight is 369 g/mol. The smallest absolute Gasteiger partial charge is 0.198 e. The molecule has 0 radical (unpaired) electrons. The summed E-state index contributed by atoms with van der Waals surface area (Å²) < 4.78 is 29.0. The maximum atomic E-state index is 14.6. The number of ketones is 1. The number of hydrogen-bond acceptors (Lipinski definition) is 4. The molecule has 4 nitrogen and oxygen atoms in total. The lowest BCUT2D eigenvalue weighted by Crippen LogP contribution is -2.02. The van der Waals surface area contributed by atoms with Crippen LogP contribution in [0.2, 0.25) is 0 Å². The molecule has 0 spiro atoms. The summed E-state index contributed by atoms with van der Waals surface area (Å²) in [5.41, 5.74) is 2.54. The summed E-state index contributed by atoms with van der Waals surface area (Å²) in [5.74, 6) is -2.23. The Bertz CT molecular complexity index is 1270. The maximum absolute atomic E-state index is 14.6. The summed E-state index contributed by atoms with van der Waals surface area (Å²) in [4.78, 5) is 21.9. The topological polar surface area (TPSA) is 66.6 Å². The third-order valence-corrected chi connectivity index (χ3v) is 4.93. The highest BCUT2D eigenvalue weighted by Gasteiger charge is 2.40. The van der Waals surface area contributed by atoms with E-state index in [2.05, 4.69) is 9.97 Å². The fourth-order valence-corrected chi connectivity index (χ4v) is 3.87. The molecule has 6 heteroatoms. The van der Waals surface area contributed by atoms with E-state index < -0.39 is 17.4 Å². The number of allylic oxidation sites excluding steroid dienone is 3. The number of pyridine rings is 2. The van der Waals surface area contributed by atoms with Crippen molar-refractivity contribution in [3.8, 4) is 17.5 Å². The molecule has 3 aromatic rings. The molecule has 132 valence electrons. The van der Waals surface area contributed by atoms with Crippen LogP contribution in [0.3, 0.4) is 0 Å². The van der Waals surface area contributed by atoms with E-state index >= 15 is 0 Å². The van der Waals surface area contributed by atoms with Gasteiger partial charge in [0.15, 0.2) is 5.78 Å². The molecule has 0 aliphatic heterocycles. The van der Waals surface area contributed by atoms with Gasteiger partial charge in [-0.3, -0.25) is 14.8 Å². The molecule has 2 aromatic heterocycles. The number of benzene rings is 1. The predicted octanol–water partition coefficient (Wildman–Crippen LogP) is 4.34. The Kier molecular flexibility index (Phi) is 3.34. The number of nitriles is 1. The summed E-state index contributed by atoms with van der Waals surface area (Å²) in [5, 5.41) is 9.25. The SMILES string of the molecule is N#C/C=C1/C(=C2c3cccnc3-c3ncccc32)C(=O)c2c(F)ccc(F)c21. The van der Waals surface area contributed by atoms with Crippen molar-refractivity contribution in [1.82, 2.24) is 9.97 Å². The number of carbonyl (C=O) groups excluding carboxylic acids is 1. The summed E-state index contributed by atoms with van der Waals surface area (Å²) in [6.07, 6.45) is 4.31. The van der Waals surface area contributed by atoms with Gasteiger partial charge in [0.05, 0.1) is 23.0 Å². The Labute approximate surface area is 158 Å². The summed E-state index contributed by atoms with van der Waals surface area (Å²) >= 11 is 0. The number of carbonyl (C=O) groups is 1. The Morgan fingerprint density at radius 1 is 0.857 bits per heavy atom. The molecule has 5 rings (SSSR count). The Morgan fingerprint density at radius 3 is 2.00 bits per heavy atom. The second-order valence-electron chi connectivity index (χ2n) is 6.34. The van der Waals surface area contributed by atoms with Crippen molar-refractivity contribution in [3.63, 3.8) is 0 Å². The first-order chi connectivity index (χ1) is 13.6. The molecule has 0 amide bonds. The van der Waals surface area contributed by atoms with Crippen LogP contribution in [0, 0.1) is 23.0 Å². The monoisotopic (exact) mass is 369 g/mol. The van der Waals surface area contributed by atoms with Gasteiger partial charge in [-0.15, -0.1) is 0 Å². The second kappa shape index (κ2) is 5.76. The molecular formula is C22H9F2N3O. The van der Waals surface area contributed by atoms with Crippen molar-refractivity contribution in [2.45, 2.75) is 0 Å². The van der Waals surface area contributed by atoms with Crippen LogP contribution in [-0.4, -0.2) is 15.8 Å². The first-order valence-corrected chi connectivity index (χ1v) is 8.42. The van der Waals surface area contributed by atoms with E-state index in [1.165, 1.54) is 0 Å². The van der Waals surface area contributed by atoms with Gasteiger partial charge in [0, 0.05) is 51.9 Å². The molecule has 0 saturated heterocycles. The van der Waals surface area contributed by atoms with Gasteiger partial charge >= 0.3 is 0 Å². The lowest BCUT2D eigenvalue weighted by molar-refractivity contribution is 0.104. The number of halogens is 2. The highest BCUT2D eigenvalue weighted by atomic mass is 19.1. The van der Waals surface area contributed by atoms with E-state index in [0.29, 0.717) is 28.1 Å². The Morgan fingerprint density at radius 2 is 1.43 bits per heavy atom. The molecule has 1 aromatic carbocycles. The van der Waals surface area contributed by atoms with Crippen molar-refractivity contribution in [2.24, 2.45) is 0 Å². The molecule has 2 aliphatic carbocycles. The lowest BCUT2D eigenvalue weighted by Gasteiger charge is -2.08. The zero-order valence-electron chi connectivity index (χ0n) is 14.2. The fourth-order valence-electron chi connectivity index (χ4n) is 3.87. The average Bonchev–Trinajstić information content (AvgIpc) is 3.18. The van der Waals surface area contributed by atoms with Crippen LogP contribution in [0.5, 0.6) is 0 Å². The normalized spacial score (nSPS) is 15.5. The second-order valence-corrected chi connectivity index (χ2v) is 6.34. The van der Waals surface area contributed by atoms with Gasteiger partial charge in [0.1, 0.15) is 11.6 Å². The van der Waals surface area contributed by atoms with E-state index in [4.69, 9.17) is 0 Å². The summed E-state index contributed by atoms with van der Waals surface area (Å²) in [7, 11) is 0. The van der Waals surface area contributed by atoms with Gasteiger partial charge in [-0.05, 0) is 24.3 Å². The van der Waals surface area contributed by atoms with Gasteiger partial charge in [-0.25, -0.2) is 8.78 Å². The minimum atomic E-state index is -0.823. The van der Waals surface area contributed by atoms with Crippen LogP contribution >= 0.6 is 0 Å². The lowest BCUT2D eigenvalue weighted by atomic mass is 9.93. The maximum Gasteiger partial charge on any atom is 0.198 e. The van der Waals surface area contributed by atoms with Crippen LogP contribution in [0.15, 0.2) is 60.4 Å². The van der Waals surface area contributed by atoms with Gasteiger partial charge in [0.25, 0.3) is 0 Å². The molecule has 0 atom stereocenters. The molecule has 0 fully saturated rings. The van der Waals surface area contributed by atoms with Crippen molar-refractivity contribution in [2.75, 3.05) is 0 Å². The number of fused-ring (bicyclic) bond motifs is 4. The molecule has 2 aliphatic rings. The van der Waals surface area contributed by atoms with Crippen molar-refractivity contribution >= 4 is 16.9 Å². The molecule has 0 N–H and O–H groups in total. The van der Waals surface area contributed by atoms with Gasteiger partial charge in [-0.2, -0.15) is 5.26 Å². The highest BCUT2D eigenvalue weighted by Crippen LogP contribution is 2.50. The number of rotatable bonds is 0. The minimum absolute atomic E-state index is 0.0704. The highest BCUT2D eigenvalue weighted by molar-refractivity contribution is 6.32. The van der Waals surface area contributed by atoms with E-state index in [0.717, 1.165) is 18.2 Å². The van der Waals surface area contributed by atoms with Crippen molar-refractivity contribution in [3.05, 3.63) is 94.3 Å². The van der Waals surface area contributed by atoms with Crippen LogP contribution in [-0.2, 0) is 0 Å². The standard InChI is InChI=1S/C22H9F2N3O/c23-14-5-6-15(24)19-17(14)11(7-8-25)18(22(19)28)16-12-3-1-9-26-20(12)21-13(16)4-2-10-27-21/h1-7,9-10H/b11-7+. The molecule has 0 unspecified atom stereocenters. The Hall–Kier alpha value is -3.98. The van der Waals surface area contributed by atoms with E-state index in [9.17, 15) is 18.8 Å². The van der Waals surface area contributed by atoms with Crippen LogP contribution in [0.4, 0.5) is 8.78 Å². The minimum Gasteiger partial charge on any atom is -0.288 e. The number of nitrogens with zero attached hydrogens (tertiary/aromatic N) is 3.